The zero-order valence-electron chi connectivity index (χ0n) is 9.01. The molecule has 0 aliphatic carbocycles. The number of rotatable bonds is 3. The molecule has 84 valence electrons. The van der Waals surface area contributed by atoms with E-state index in [4.69, 9.17) is 0 Å². The SMILES string of the molecule is CCn1ncc(Br)c1C(=O)c1cncn1C. The van der Waals surface area contributed by atoms with E-state index >= 15 is 0 Å². The van der Waals surface area contributed by atoms with Gasteiger partial charge in [0.25, 0.3) is 0 Å². The molecule has 0 N–H and O–H groups in total. The summed E-state index contributed by atoms with van der Waals surface area (Å²) >= 11 is 3.33. The molecule has 0 saturated heterocycles. The number of aryl methyl sites for hydroxylation is 2. The van der Waals surface area contributed by atoms with Crippen LogP contribution in [0.25, 0.3) is 0 Å². The van der Waals surface area contributed by atoms with Gasteiger partial charge in [-0.1, -0.05) is 0 Å². The van der Waals surface area contributed by atoms with Crippen molar-refractivity contribution in [3.63, 3.8) is 0 Å². The number of hydrogen-bond donors (Lipinski definition) is 0. The molecule has 0 bridgehead atoms. The Bertz CT molecular complexity index is 529. The lowest BCUT2D eigenvalue weighted by molar-refractivity contribution is 0.102. The number of aromatic nitrogens is 4. The number of ketones is 1. The first-order valence-corrected chi connectivity index (χ1v) is 5.66. The van der Waals surface area contributed by atoms with Gasteiger partial charge in [0, 0.05) is 13.6 Å². The lowest BCUT2D eigenvalue weighted by Crippen LogP contribution is -2.13. The average Bonchev–Trinajstić information content (AvgIpc) is 2.83. The predicted molar refractivity (Wildman–Crippen MR) is 62.2 cm³/mol. The highest BCUT2D eigenvalue weighted by molar-refractivity contribution is 9.10. The molecule has 0 aliphatic rings. The number of carbonyl (C=O) groups excluding carboxylic acids is 1. The van der Waals surface area contributed by atoms with Gasteiger partial charge in [0.1, 0.15) is 11.4 Å². The smallest absolute Gasteiger partial charge is 0.230 e. The topological polar surface area (TPSA) is 52.7 Å². The van der Waals surface area contributed by atoms with Crippen LogP contribution in [0.2, 0.25) is 0 Å². The fraction of sp³-hybridized carbons (Fsp3) is 0.300. The number of hydrogen-bond acceptors (Lipinski definition) is 3. The van der Waals surface area contributed by atoms with Crippen LogP contribution in [0.15, 0.2) is 23.2 Å². The van der Waals surface area contributed by atoms with E-state index in [0.29, 0.717) is 22.4 Å². The second kappa shape index (κ2) is 4.21. The average molecular weight is 283 g/mol. The maximum Gasteiger partial charge on any atom is 0.230 e. The van der Waals surface area contributed by atoms with Crippen molar-refractivity contribution in [2.24, 2.45) is 7.05 Å². The molecule has 0 spiro atoms. The van der Waals surface area contributed by atoms with Gasteiger partial charge in [-0.3, -0.25) is 9.48 Å². The Morgan fingerprint density at radius 1 is 1.50 bits per heavy atom. The molecule has 0 radical (unpaired) electrons. The molecular formula is C10H11BrN4O. The third-order valence-electron chi connectivity index (χ3n) is 2.36. The van der Waals surface area contributed by atoms with Crippen molar-refractivity contribution in [1.29, 1.82) is 0 Å². The van der Waals surface area contributed by atoms with Crippen molar-refractivity contribution in [3.8, 4) is 0 Å². The van der Waals surface area contributed by atoms with E-state index in [1.807, 2.05) is 6.92 Å². The van der Waals surface area contributed by atoms with E-state index in [2.05, 4.69) is 26.0 Å². The Hall–Kier alpha value is -1.43. The normalized spacial score (nSPS) is 10.7. The maximum absolute atomic E-state index is 12.2. The minimum atomic E-state index is -0.0776. The summed E-state index contributed by atoms with van der Waals surface area (Å²) < 4.78 is 4.07. The van der Waals surface area contributed by atoms with Crippen molar-refractivity contribution in [2.75, 3.05) is 0 Å². The number of halogens is 1. The Morgan fingerprint density at radius 3 is 2.81 bits per heavy atom. The molecule has 0 aromatic carbocycles. The van der Waals surface area contributed by atoms with Gasteiger partial charge in [-0.2, -0.15) is 5.10 Å². The monoisotopic (exact) mass is 282 g/mol. The van der Waals surface area contributed by atoms with Crippen LogP contribution >= 0.6 is 15.9 Å². The van der Waals surface area contributed by atoms with Crippen LogP contribution < -0.4 is 0 Å². The van der Waals surface area contributed by atoms with E-state index in [-0.39, 0.29) is 5.78 Å². The lowest BCUT2D eigenvalue weighted by Gasteiger charge is -2.04. The van der Waals surface area contributed by atoms with Gasteiger partial charge in [-0.25, -0.2) is 4.98 Å². The van der Waals surface area contributed by atoms with E-state index in [0.717, 1.165) is 0 Å². The molecule has 5 nitrogen and oxygen atoms in total. The molecule has 16 heavy (non-hydrogen) atoms. The molecule has 0 aliphatic heterocycles. The molecule has 2 rings (SSSR count). The van der Waals surface area contributed by atoms with Crippen molar-refractivity contribution < 1.29 is 4.79 Å². The molecule has 2 aromatic heterocycles. The highest BCUT2D eigenvalue weighted by Crippen LogP contribution is 2.19. The van der Waals surface area contributed by atoms with Crippen LogP contribution in [0.5, 0.6) is 0 Å². The Kier molecular flexibility index (Phi) is 2.91. The van der Waals surface area contributed by atoms with Gasteiger partial charge in [-0.15, -0.1) is 0 Å². The van der Waals surface area contributed by atoms with E-state index in [1.54, 1.807) is 35.0 Å². The summed E-state index contributed by atoms with van der Waals surface area (Å²) in [4.78, 5) is 16.2. The highest BCUT2D eigenvalue weighted by atomic mass is 79.9. The zero-order chi connectivity index (χ0) is 11.7. The fourth-order valence-electron chi connectivity index (χ4n) is 1.53. The summed E-state index contributed by atoms with van der Waals surface area (Å²) in [5.41, 5.74) is 1.11. The van der Waals surface area contributed by atoms with Gasteiger partial charge in [0.15, 0.2) is 0 Å². The largest absolute Gasteiger partial charge is 0.331 e. The quantitative estimate of drug-likeness (QED) is 0.804. The van der Waals surface area contributed by atoms with Crippen molar-refractivity contribution in [1.82, 2.24) is 19.3 Å². The third kappa shape index (κ3) is 1.69. The first-order valence-electron chi connectivity index (χ1n) is 4.87. The summed E-state index contributed by atoms with van der Waals surface area (Å²) in [6, 6.07) is 0. The number of nitrogens with zero attached hydrogens (tertiary/aromatic N) is 4. The molecule has 0 fully saturated rings. The number of imidazole rings is 1. The van der Waals surface area contributed by atoms with E-state index in [9.17, 15) is 4.79 Å². The highest BCUT2D eigenvalue weighted by Gasteiger charge is 2.20. The van der Waals surface area contributed by atoms with E-state index < -0.39 is 0 Å². The zero-order valence-corrected chi connectivity index (χ0v) is 10.6. The molecule has 2 aromatic rings. The van der Waals surface area contributed by atoms with Crippen LogP contribution in [0.3, 0.4) is 0 Å². The van der Waals surface area contributed by atoms with Crippen molar-refractivity contribution in [2.45, 2.75) is 13.5 Å². The summed E-state index contributed by atoms with van der Waals surface area (Å²) in [6.07, 6.45) is 4.79. The Labute approximate surface area is 101 Å². The first kappa shape index (κ1) is 11.1. The minimum absolute atomic E-state index is 0.0776. The lowest BCUT2D eigenvalue weighted by atomic mass is 10.2. The summed E-state index contributed by atoms with van der Waals surface area (Å²) in [7, 11) is 1.79. The Balaban J connectivity index is 2.49. The second-order valence-electron chi connectivity index (χ2n) is 3.38. The van der Waals surface area contributed by atoms with Gasteiger partial charge < -0.3 is 4.57 Å². The molecule has 6 heteroatoms. The van der Waals surface area contributed by atoms with Gasteiger partial charge in [-0.05, 0) is 22.9 Å². The van der Waals surface area contributed by atoms with Crippen LogP contribution in [0.1, 0.15) is 23.1 Å². The molecule has 0 saturated carbocycles. The fourth-order valence-corrected chi connectivity index (χ4v) is 2.00. The van der Waals surface area contributed by atoms with Crippen LogP contribution in [-0.4, -0.2) is 25.1 Å². The Morgan fingerprint density at radius 2 is 2.25 bits per heavy atom. The summed E-state index contributed by atoms with van der Waals surface area (Å²) in [5, 5.41) is 4.11. The van der Waals surface area contributed by atoms with Gasteiger partial charge >= 0.3 is 0 Å². The second-order valence-corrected chi connectivity index (χ2v) is 4.23. The molecule has 0 amide bonds. The van der Waals surface area contributed by atoms with Crippen LogP contribution in [0, 0.1) is 0 Å². The minimum Gasteiger partial charge on any atom is -0.331 e. The predicted octanol–water partition coefficient (Wildman–Crippen LogP) is 1.63. The van der Waals surface area contributed by atoms with Crippen LogP contribution in [0.4, 0.5) is 0 Å². The summed E-state index contributed by atoms with van der Waals surface area (Å²) in [5.74, 6) is -0.0776. The molecular weight excluding hydrogens is 272 g/mol. The van der Waals surface area contributed by atoms with Gasteiger partial charge in [0.05, 0.1) is 23.2 Å². The van der Waals surface area contributed by atoms with E-state index in [1.165, 1.54) is 0 Å². The molecule has 2 heterocycles. The third-order valence-corrected chi connectivity index (χ3v) is 2.94. The van der Waals surface area contributed by atoms with Gasteiger partial charge in [0.2, 0.25) is 5.78 Å². The number of carbonyl (C=O) groups is 1. The van der Waals surface area contributed by atoms with Crippen LogP contribution in [-0.2, 0) is 13.6 Å². The maximum atomic E-state index is 12.2. The summed E-state index contributed by atoms with van der Waals surface area (Å²) in [6.45, 7) is 2.60. The van der Waals surface area contributed by atoms with Crippen molar-refractivity contribution in [3.05, 3.63) is 34.6 Å². The van der Waals surface area contributed by atoms with Crippen molar-refractivity contribution >= 4 is 21.7 Å². The molecule has 0 unspecified atom stereocenters. The molecule has 0 atom stereocenters. The first-order chi connectivity index (χ1) is 7.65. The standard InChI is InChI=1S/C10H11BrN4O/c1-3-15-9(7(11)4-13-15)10(16)8-5-12-6-14(8)2/h4-6H,3H2,1-2H3.